The van der Waals surface area contributed by atoms with Gasteiger partial charge in [-0.3, -0.25) is 24.4 Å². The Hall–Kier alpha value is -9.60. The number of benzene rings is 8. The van der Waals surface area contributed by atoms with E-state index in [4.69, 9.17) is 19.9 Å². The van der Waals surface area contributed by atoms with Crippen molar-refractivity contribution in [2.75, 3.05) is 44.1 Å². The molecule has 2 N–H and O–H groups in total. The number of nitrogens with two attached hydrogens (primary N) is 1. The number of hydrogen-bond donors (Lipinski definition) is 1. The number of nitrogens with zero attached hydrogens (tertiary/aromatic N) is 5. The first-order chi connectivity index (χ1) is 34.6. The van der Waals surface area contributed by atoms with Crippen LogP contribution in [0.25, 0.3) is 22.3 Å². The highest BCUT2D eigenvalue weighted by atomic mass is 16.5. The number of ether oxygens (including phenoxy) is 3. The van der Waals surface area contributed by atoms with E-state index in [2.05, 4.69) is 16.1 Å². The van der Waals surface area contributed by atoms with Crippen molar-refractivity contribution in [2.45, 2.75) is 0 Å². The Labute approximate surface area is 411 Å². The fourth-order valence-electron chi connectivity index (χ4n) is 8.40. The van der Waals surface area contributed by atoms with Gasteiger partial charge < -0.3 is 29.7 Å². The zero-order valence-corrected chi connectivity index (χ0v) is 39.1. The Kier molecular flexibility index (Phi) is 13.6. The minimum atomic E-state index is -0.518. The van der Waals surface area contributed by atoms with Crippen molar-refractivity contribution in [1.29, 1.82) is 5.26 Å². The van der Waals surface area contributed by atoms with Gasteiger partial charge in [0.15, 0.2) is 0 Å². The van der Waals surface area contributed by atoms with Crippen LogP contribution in [0.4, 0.5) is 11.4 Å². The number of nitriles is 1. The van der Waals surface area contributed by atoms with Crippen LogP contribution in [0.2, 0.25) is 0 Å². The summed E-state index contributed by atoms with van der Waals surface area (Å²) in [6.45, 7) is 0.00694. The molecule has 0 aromatic heterocycles. The lowest BCUT2D eigenvalue weighted by atomic mass is 9.93. The maximum atomic E-state index is 12.8. The number of carbonyl (C=O) groups excluding carboxylic acids is 3. The molecule has 0 atom stereocenters. The number of hydrogen-bond acceptors (Lipinski definition) is 9. The zero-order valence-electron chi connectivity index (χ0n) is 39.1. The average molecular weight is 935 g/mol. The van der Waals surface area contributed by atoms with Gasteiger partial charge in [0.2, 0.25) is 17.7 Å². The summed E-state index contributed by atoms with van der Waals surface area (Å²) < 4.78 is 18.2. The van der Waals surface area contributed by atoms with Crippen molar-refractivity contribution >= 4 is 40.5 Å². The number of likely N-dealkylation sites (N-methyl/N-ethyl adjacent to an activating group) is 2. The number of methoxy groups -OCH3 is 1. The first-order valence-electron chi connectivity index (χ1n) is 22.6. The van der Waals surface area contributed by atoms with Gasteiger partial charge in [0, 0.05) is 64.7 Å². The van der Waals surface area contributed by atoms with Crippen LogP contribution in [0, 0.1) is 11.3 Å². The standard InChI is InChI=1S/C30H23N3O3.C29H23N3O3/c1-33-26-17-28(35-2)24(23-13-6-7-14-27(23)36-22-11-4-3-5-12-22)16-25(26)30(32-19-29(33)34)21-10-8-9-20(15-21)18-31;1-32-25-15-14-19(23-12-5-6-13-26(23)35-22-10-3-2-4-11-22)17-24(25)28(31-18-27(32)33)20-8-7-9-21(16-20)29(30)34/h3-17H,19H2,1-2H3;2-17H,18H2,1H3,(H2,30,34). The average Bonchev–Trinajstić information content (AvgIpc) is 3.61. The molecule has 2 heterocycles. The highest BCUT2D eigenvalue weighted by molar-refractivity contribution is 6.21. The molecule has 0 radical (unpaired) electrons. The number of benzodiazepines with no additional fused rings is 2. The van der Waals surface area contributed by atoms with Gasteiger partial charge in [0.1, 0.15) is 41.8 Å². The van der Waals surface area contributed by atoms with E-state index in [0.29, 0.717) is 45.5 Å². The van der Waals surface area contributed by atoms with E-state index in [1.807, 2.05) is 158 Å². The highest BCUT2D eigenvalue weighted by Crippen LogP contribution is 2.43. The molecule has 10 rings (SSSR count). The number of anilines is 2. The number of fused-ring (bicyclic) bond motifs is 2. The molecule has 12 heteroatoms. The first kappa shape index (κ1) is 46.5. The van der Waals surface area contributed by atoms with Crippen LogP contribution in [0.3, 0.4) is 0 Å². The van der Waals surface area contributed by atoms with E-state index < -0.39 is 5.91 Å². The molecule has 2 aliphatic rings. The second-order valence-electron chi connectivity index (χ2n) is 16.5. The third-order valence-corrected chi connectivity index (χ3v) is 12.0. The molecule has 8 aromatic rings. The molecule has 3 amide bonds. The number of primary amides is 1. The summed E-state index contributed by atoms with van der Waals surface area (Å²) in [5.74, 6) is 2.68. The van der Waals surface area contributed by atoms with Crippen LogP contribution in [0.15, 0.2) is 198 Å². The van der Waals surface area contributed by atoms with Gasteiger partial charge in [-0.1, -0.05) is 103 Å². The normalized spacial score (nSPS) is 12.9. The summed E-state index contributed by atoms with van der Waals surface area (Å²) in [7, 11) is 5.08. The summed E-state index contributed by atoms with van der Waals surface area (Å²) >= 11 is 0. The third kappa shape index (κ3) is 10.0. The molecule has 348 valence electrons. The van der Waals surface area contributed by atoms with Crippen molar-refractivity contribution in [3.8, 4) is 57.1 Å². The van der Waals surface area contributed by atoms with Crippen molar-refractivity contribution < 1.29 is 28.6 Å². The van der Waals surface area contributed by atoms with Gasteiger partial charge in [-0.15, -0.1) is 0 Å². The zero-order chi connectivity index (χ0) is 49.4. The summed E-state index contributed by atoms with van der Waals surface area (Å²) in [5, 5.41) is 9.43. The van der Waals surface area contributed by atoms with Gasteiger partial charge >= 0.3 is 0 Å². The predicted molar refractivity (Wildman–Crippen MR) is 277 cm³/mol. The number of amides is 3. The maximum Gasteiger partial charge on any atom is 0.248 e. The quantitative estimate of drug-likeness (QED) is 0.143. The Morgan fingerprint density at radius 1 is 0.521 bits per heavy atom. The van der Waals surface area contributed by atoms with Crippen LogP contribution >= 0.6 is 0 Å². The lowest BCUT2D eigenvalue weighted by molar-refractivity contribution is -0.117. The minimum Gasteiger partial charge on any atom is -0.496 e. The SMILES string of the molecule is CN1C(=O)CN=C(c2cccc(C(N)=O)c2)c2cc(-c3ccccc3Oc3ccccc3)ccc21.COc1cc2c(cc1-c1ccccc1Oc1ccccc1)C(c1cccc(C#N)c1)=NCC(=O)N2C. The lowest BCUT2D eigenvalue weighted by Crippen LogP contribution is -2.27. The monoisotopic (exact) mass is 934 g/mol. The van der Waals surface area contributed by atoms with E-state index >= 15 is 0 Å². The van der Waals surface area contributed by atoms with Crippen molar-refractivity contribution in [3.05, 3.63) is 221 Å². The number of aliphatic imine (C=N–C) groups is 2. The largest absolute Gasteiger partial charge is 0.496 e. The van der Waals surface area contributed by atoms with E-state index in [9.17, 15) is 19.6 Å². The molecule has 0 spiro atoms. The maximum absolute atomic E-state index is 12.8. The number of rotatable bonds is 10. The Morgan fingerprint density at radius 3 is 1.66 bits per heavy atom. The van der Waals surface area contributed by atoms with Gasteiger partial charge in [-0.05, 0) is 84.4 Å². The molecular formula is C59H46N6O6. The van der Waals surface area contributed by atoms with Crippen LogP contribution in [-0.4, -0.2) is 63.4 Å². The van der Waals surface area contributed by atoms with Gasteiger partial charge in [0.25, 0.3) is 0 Å². The highest BCUT2D eigenvalue weighted by Gasteiger charge is 2.27. The fourth-order valence-corrected chi connectivity index (χ4v) is 8.40. The molecule has 0 saturated heterocycles. The van der Waals surface area contributed by atoms with Crippen LogP contribution in [-0.2, 0) is 9.59 Å². The van der Waals surface area contributed by atoms with Gasteiger partial charge in [0.05, 0.1) is 41.5 Å². The molecule has 71 heavy (non-hydrogen) atoms. The molecule has 0 saturated carbocycles. The first-order valence-corrected chi connectivity index (χ1v) is 22.6. The summed E-state index contributed by atoms with van der Waals surface area (Å²) in [5.41, 5.74) is 15.6. The Bertz CT molecular complexity index is 3440. The molecule has 0 fully saturated rings. The van der Waals surface area contributed by atoms with Crippen molar-refractivity contribution in [1.82, 2.24) is 0 Å². The molecule has 12 nitrogen and oxygen atoms in total. The second-order valence-corrected chi connectivity index (χ2v) is 16.5. The van der Waals surface area contributed by atoms with Crippen molar-refractivity contribution in [2.24, 2.45) is 15.7 Å². The smallest absolute Gasteiger partial charge is 0.248 e. The molecule has 0 bridgehead atoms. The topological polar surface area (TPSA) is 160 Å². The molecule has 0 aliphatic carbocycles. The Morgan fingerprint density at radius 2 is 1.06 bits per heavy atom. The molecule has 0 unspecified atom stereocenters. The van der Waals surface area contributed by atoms with Crippen LogP contribution < -0.4 is 29.7 Å². The fraction of sp³-hybridized carbons (Fsp3) is 0.0847. The van der Waals surface area contributed by atoms with Crippen LogP contribution in [0.5, 0.6) is 28.7 Å². The van der Waals surface area contributed by atoms with Crippen molar-refractivity contribution in [3.63, 3.8) is 0 Å². The summed E-state index contributed by atoms with van der Waals surface area (Å²) in [4.78, 5) is 49.8. The van der Waals surface area contributed by atoms with Crippen LogP contribution in [0.1, 0.15) is 38.2 Å². The minimum absolute atomic E-state index is 0.00263. The van der Waals surface area contributed by atoms with E-state index in [-0.39, 0.29) is 24.9 Å². The van der Waals surface area contributed by atoms with Gasteiger partial charge in [-0.25, -0.2) is 0 Å². The summed E-state index contributed by atoms with van der Waals surface area (Å²) in [6.07, 6.45) is 0. The number of para-hydroxylation sites is 4. The van der Waals surface area contributed by atoms with E-state index in [1.54, 1.807) is 61.3 Å². The molecule has 8 aromatic carbocycles. The van der Waals surface area contributed by atoms with E-state index in [0.717, 1.165) is 61.7 Å². The summed E-state index contributed by atoms with van der Waals surface area (Å²) in [6, 6.07) is 60.9. The molecular weight excluding hydrogens is 889 g/mol. The van der Waals surface area contributed by atoms with Gasteiger partial charge in [-0.2, -0.15) is 5.26 Å². The third-order valence-electron chi connectivity index (χ3n) is 12.0. The Balaban J connectivity index is 0.000000176. The number of carbonyl (C=O) groups is 3. The van der Waals surface area contributed by atoms with E-state index in [1.165, 1.54) is 0 Å². The molecule has 2 aliphatic heterocycles. The second kappa shape index (κ2) is 20.7. The predicted octanol–water partition coefficient (Wildman–Crippen LogP) is 10.9. The lowest BCUT2D eigenvalue weighted by Gasteiger charge is -2.22.